The number of carbonyl (C=O) groups is 2. The summed E-state index contributed by atoms with van der Waals surface area (Å²) in [5, 5.41) is 2.29. The summed E-state index contributed by atoms with van der Waals surface area (Å²) >= 11 is 0. The molecule has 3 aliphatic heterocycles. The molecule has 215 valence electrons. The second kappa shape index (κ2) is 11.0. The molecular formula is C34H39BN5O2. The molecule has 0 bridgehead atoms. The van der Waals surface area contributed by atoms with Gasteiger partial charge in [-0.3, -0.25) is 19.6 Å². The number of aromatic nitrogens is 1. The number of benzene rings is 2. The number of hydrogen-bond acceptors (Lipinski definition) is 5. The van der Waals surface area contributed by atoms with E-state index >= 15 is 0 Å². The maximum atomic E-state index is 14.1. The van der Waals surface area contributed by atoms with Gasteiger partial charge >= 0.3 is 0 Å². The second-order valence-electron chi connectivity index (χ2n) is 12.9. The Bertz CT molecular complexity index is 1520. The van der Waals surface area contributed by atoms with Crippen LogP contribution in [0.4, 0.5) is 0 Å². The highest BCUT2D eigenvalue weighted by molar-refractivity contribution is 6.40. The van der Waals surface area contributed by atoms with Gasteiger partial charge in [0.1, 0.15) is 18.7 Å². The zero-order valence-corrected chi connectivity index (χ0v) is 24.7. The molecular weight excluding hydrogens is 521 g/mol. The molecule has 1 unspecified atom stereocenters. The molecule has 1 aliphatic carbocycles. The number of nitrogens with zero attached hydrogens (tertiary/aromatic N) is 5. The first-order chi connectivity index (χ1) is 20.4. The summed E-state index contributed by atoms with van der Waals surface area (Å²) in [6.45, 7) is 7.81. The van der Waals surface area contributed by atoms with Gasteiger partial charge in [-0.2, -0.15) is 0 Å². The van der Waals surface area contributed by atoms with Gasteiger partial charge in [0, 0.05) is 61.5 Å². The summed E-state index contributed by atoms with van der Waals surface area (Å²) in [5.74, 6) is 1.81. The predicted molar refractivity (Wildman–Crippen MR) is 168 cm³/mol. The van der Waals surface area contributed by atoms with Crippen molar-refractivity contribution in [3.63, 3.8) is 0 Å². The van der Waals surface area contributed by atoms with Crippen LogP contribution < -0.4 is 0 Å². The Morgan fingerprint density at radius 3 is 2.43 bits per heavy atom. The molecule has 1 atom stereocenters. The largest absolute Gasteiger partial charge is 0.343 e. The summed E-state index contributed by atoms with van der Waals surface area (Å²) in [7, 11) is 2.26. The fourth-order valence-corrected chi connectivity index (χ4v) is 6.88. The summed E-state index contributed by atoms with van der Waals surface area (Å²) in [6, 6.07) is 17.4. The molecule has 42 heavy (non-hydrogen) atoms. The van der Waals surface area contributed by atoms with Crippen molar-refractivity contribution in [3.05, 3.63) is 66.5 Å². The van der Waals surface area contributed by atoms with Crippen LogP contribution in [0.15, 0.2) is 65.9 Å². The van der Waals surface area contributed by atoms with E-state index in [0.29, 0.717) is 24.2 Å². The van der Waals surface area contributed by atoms with E-state index in [1.54, 1.807) is 0 Å². The van der Waals surface area contributed by atoms with E-state index in [0.717, 1.165) is 91.6 Å². The number of fused-ring (bicyclic) bond motifs is 1. The minimum Gasteiger partial charge on any atom is -0.343 e. The molecule has 4 heterocycles. The van der Waals surface area contributed by atoms with Crippen LogP contribution in [0.5, 0.6) is 0 Å². The summed E-state index contributed by atoms with van der Waals surface area (Å²) in [6.07, 6.45) is 8.80. The van der Waals surface area contributed by atoms with E-state index in [4.69, 9.17) is 4.99 Å². The fourth-order valence-electron chi connectivity index (χ4n) is 6.88. The van der Waals surface area contributed by atoms with Gasteiger partial charge in [0.15, 0.2) is 0 Å². The average molecular weight is 561 g/mol. The SMILES string of the molecule is CC(C)N1CCC2(CC1)N=C(c1ccc(-c3ccc4cnccc4c3)cc1)N(C[B]C1CCN(C(=O)C3CC3)C1)C2=O. The average Bonchev–Trinajstić information content (AvgIpc) is 3.71. The standard InChI is InChI=1S/C34H39BN5O2/c1-23(2)38-17-13-34(14-18-38)33(42)40(22-35-30-12-16-39(21-30)32(41)26-7-8-26)31(37-34)25-5-3-24(4-6-25)27-9-10-29-20-36-15-11-28(29)19-27/h3-6,9-11,15,19-20,23,26,30H,7-8,12-14,16-18,21-22H2,1-2H3. The number of piperidine rings is 1. The van der Waals surface area contributed by atoms with Crippen molar-refractivity contribution in [2.75, 3.05) is 32.6 Å². The quantitative estimate of drug-likeness (QED) is 0.389. The Kier molecular flexibility index (Phi) is 7.13. The molecule has 2 amide bonds. The molecule has 2 aromatic carbocycles. The molecule has 7 rings (SSSR count). The lowest BCUT2D eigenvalue weighted by Crippen LogP contribution is -2.52. The van der Waals surface area contributed by atoms with Crippen molar-refractivity contribution >= 4 is 35.7 Å². The first-order valence-corrected chi connectivity index (χ1v) is 15.6. The summed E-state index contributed by atoms with van der Waals surface area (Å²) in [5.41, 5.74) is 2.58. The van der Waals surface area contributed by atoms with E-state index in [-0.39, 0.29) is 11.8 Å². The number of carbonyl (C=O) groups excluding carboxylic acids is 2. The topological polar surface area (TPSA) is 69.1 Å². The van der Waals surface area contributed by atoms with Gasteiger partial charge in [-0.1, -0.05) is 36.4 Å². The molecule has 3 aromatic rings. The molecule has 1 aromatic heterocycles. The van der Waals surface area contributed by atoms with Crippen LogP contribution in [0, 0.1) is 5.92 Å². The van der Waals surface area contributed by atoms with Crippen LogP contribution in [-0.2, 0) is 9.59 Å². The first-order valence-electron chi connectivity index (χ1n) is 15.6. The first kappa shape index (κ1) is 27.3. The van der Waals surface area contributed by atoms with Gasteiger partial charge in [0.25, 0.3) is 5.91 Å². The third-order valence-corrected chi connectivity index (χ3v) is 9.78. The Balaban J connectivity index is 1.12. The van der Waals surface area contributed by atoms with E-state index < -0.39 is 5.54 Å². The van der Waals surface area contributed by atoms with E-state index in [9.17, 15) is 9.59 Å². The van der Waals surface area contributed by atoms with Crippen LogP contribution in [0.2, 0.25) is 5.82 Å². The van der Waals surface area contributed by atoms with E-state index in [1.165, 1.54) is 0 Å². The summed E-state index contributed by atoms with van der Waals surface area (Å²) in [4.78, 5) is 42.6. The molecule has 1 spiro atoms. The highest BCUT2D eigenvalue weighted by Crippen LogP contribution is 2.37. The second-order valence-corrected chi connectivity index (χ2v) is 12.9. The monoisotopic (exact) mass is 560 g/mol. The fraction of sp³-hybridized carbons (Fsp3) is 0.471. The van der Waals surface area contributed by atoms with Gasteiger partial charge in [0.2, 0.25) is 5.91 Å². The van der Waals surface area contributed by atoms with Gasteiger partial charge in [-0.05, 0) is 86.9 Å². The Morgan fingerprint density at radius 2 is 1.69 bits per heavy atom. The number of likely N-dealkylation sites (tertiary alicyclic amines) is 2. The van der Waals surface area contributed by atoms with Gasteiger partial charge in [0.05, 0.1) is 0 Å². The number of amidine groups is 1. The molecule has 4 aliphatic rings. The maximum absolute atomic E-state index is 14.1. The third-order valence-electron chi connectivity index (χ3n) is 9.78. The zero-order valence-electron chi connectivity index (χ0n) is 24.7. The lowest BCUT2D eigenvalue weighted by atomic mass is 9.63. The molecule has 1 radical (unpaired) electrons. The summed E-state index contributed by atoms with van der Waals surface area (Å²) < 4.78 is 0. The van der Waals surface area contributed by atoms with Crippen molar-refractivity contribution in [1.29, 1.82) is 0 Å². The van der Waals surface area contributed by atoms with Crippen molar-refractivity contribution in [1.82, 2.24) is 19.7 Å². The number of rotatable bonds is 7. The van der Waals surface area contributed by atoms with Crippen LogP contribution in [0.1, 0.15) is 51.5 Å². The van der Waals surface area contributed by atoms with Gasteiger partial charge in [-0.25, -0.2) is 0 Å². The molecule has 7 nitrogen and oxygen atoms in total. The zero-order chi connectivity index (χ0) is 28.8. The van der Waals surface area contributed by atoms with Crippen LogP contribution >= 0.6 is 0 Å². The normalized spacial score (nSPS) is 22.4. The highest BCUT2D eigenvalue weighted by Gasteiger charge is 2.50. The lowest BCUT2D eigenvalue weighted by molar-refractivity contribution is -0.132. The number of aliphatic imine (C=N–C) groups is 1. The lowest BCUT2D eigenvalue weighted by Gasteiger charge is -2.38. The Morgan fingerprint density at radius 1 is 0.952 bits per heavy atom. The third kappa shape index (κ3) is 5.15. The van der Waals surface area contributed by atoms with Crippen molar-refractivity contribution in [2.45, 2.75) is 63.3 Å². The van der Waals surface area contributed by atoms with E-state index in [2.05, 4.69) is 73.5 Å². The molecule has 8 heteroatoms. The smallest absolute Gasteiger partial charge is 0.255 e. The minimum absolute atomic E-state index is 0.133. The number of pyridine rings is 1. The molecule has 0 N–H and O–H groups in total. The molecule has 2 saturated heterocycles. The van der Waals surface area contributed by atoms with Gasteiger partial charge < -0.3 is 14.7 Å². The predicted octanol–water partition coefficient (Wildman–Crippen LogP) is 4.83. The number of amides is 2. The Hall–Kier alpha value is -3.52. The van der Waals surface area contributed by atoms with E-state index in [1.807, 2.05) is 28.3 Å². The minimum atomic E-state index is -0.677. The molecule has 1 saturated carbocycles. The number of hydrogen-bond donors (Lipinski definition) is 0. The van der Waals surface area contributed by atoms with Crippen molar-refractivity contribution < 1.29 is 9.59 Å². The van der Waals surface area contributed by atoms with Crippen molar-refractivity contribution in [2.24, 2.45) is 10.9 Å². The highest BCUT2D eigenvalue weighted by atomic mass is 16.2. The maximum Gasteiger partial charge on any atom is 0.255 e. The molecule has 3 fully saturated rings. The van der Waals surface area contributed by atoms with Crippen LogP contribution in [0.3, 0.4) is 0 Å². The Labute approximate surface area is 249 Å². The van der Waals surface area contributed by atoms with Gasteiger partial charge in [-0.15, -0.1) is 0 Å². The van der Waals surface area contributed by atoms with Crippen LogP contribution in [-0.4, -0.2) is 88.8 Å². The van der Waals surface area contributed by atoms with Crippen LogP contribution in [0.25, 0.3) is 21.9 Å². The van der Waals surface area contributed by atoms with Crippen molar-refractivity contribution in [3.8, 4) is 11.1 Å².